The highest BCUT2D eigenvalue weighted by Gasteiger charge is 2.34. The van der Waals surface area contributed by atoms with Gasteiger partial charge in [-0.1, -0.05) is 31.1 Å². The van der Waals surface area contributed by atoms with Gasteiger partial charge in [0.1, 0.15) is 36.0 Å². The number of carbonyl (C=O) groups is 6. The average molecular weight is 717 g/mol. The Morgan fingerprint density at radius 3 is 1.67 bits per heavy atom. The number of nitrogens with two attached hydrogens (primary N) is 3. The molecule has 1 aliphatic carbocycles. The molecule has 2 rings (SSSR count). The molecule has 13 N–H and O–H groups in total. The van der Waals surface area contributed by atoms with E-state index in [9.17, 15) is 39.0 Å². The second kappa shape index (κ2) is 22.3. The van der Waals surface area contributed by atoms with Gasteiger partial charge in [0.25, 0.3) is 0 Å². The fourth-order valence-electron chi connectivity index (χ4n) is 5.30. The van der Waals surface area contributed by atoms with E-state index in [1.807, 2.05) is 0 Å². The fraction of sp³-hybridized carbons (Fsp3) is 0.600. The Morgan fingerprint density at radius 2 is 1.20 bits per heavy atom. The highest BCUT2D eigenvalue weighted by molar-refractivity contribution is 5.96. The molecule has 0 aromatic heterocycles. The summed E-state index contributed by atoms with van der Waals surface area (Å²) in [5.41, 5.74) is 17.5. The van der Waals surface area contributed by atoms with E-state index in [2.05, 4.69) is 33.2 Å². The van der Waals surface area contributed by atoms with Crippen molar-refractivity contribution in [3.63, 3.8) is 0 Å². The molecule has 284 valence electrons. The lowest BCUT2D eigenvalue weighted by Crippen LogP contribution is -2.59. The topological polar surface area (TPSA) is 281 Å². The van der Waals surface area contributed by atoms with Crippen molar-refractivity contribution in [3.05, 3.63) is 42.5 Å². The number of carboxylic acids is 1. The summed E-state index contributed by atoms with van der Waals surface area (Å²) in [5, 5.41) is 32.6. The normalized spacial score (nSPS) is 15.9. The first-order valence-corrected chi connectivity index (χ1v) is 17.6. The molecule has 5 amide bonds. The summed E-state index contributed by atoms with van der Waals surface area (Å²) in [4.78, 5) is 78.6. The highest BCUT2D eigenvalue weighted by atomic mass is 16.4. The quantitative estimate of drug-likeness (QED) is 0.0452. The lowest BCUT2D eigenvalue weighted by Gasteiger charge is -2.27. The predicted octanol–water partition coefficient (Wildman–Crippen LogP) is -0.575. The number of carbonyl (C=O) groups excluding carboxylic acids is 5. The van der Waals surface area contributed by atoms with Crippen LogP contribution in [0, 0.1) is 5.92 Å². The molecule has 1 aromatic rings. The number of amides is 5. The van der Waals surface area contributed by atoms with Gasteiger partial charge in [-0.3, -0.25) is 24.0 Å². The van der Waals surface area contributed by atoms with E-state index in [1.54, 1.807) is 12.1 Å². The summed E-state index contributed by atoms with van der Waals surface area (Å²) in [7, 11) is 0. The van der Waals surface area contributed by atoms with Crippen LogP contribution in [-0.4, -0.2) is 95.1 Å². The van der Waals surface area contributed by atoms with Gasteiger partial charge in [0.2, 0.25) is 29.5 Å². The first kappa shape index (κ1) is 42.6. The number of carboxylic acid groups (broad SMARTS) is 1. The van der Waals surface area contributed by atoms with Crippen LogP contribution in [0.25, 0.3) is 0 Å². The molecule has 16 nitrogen and oxygen atoms in total. The first-order valence-electron chi connectivity index (χ1n) is 17.6. The van der Waals surface area contributed by atoms with E-state index in [1.165, 1.54) is 25.1 Å². The van der Waals surface area contributed by atoms with E-state index in [0.29, 0.717) is 44.3 Å². The number of aromatic hydroxyl groups is 1. The van der Waals surface area contributed by atoms with Gasteiger partial charge in [0.15, 0.2) is 0 Å². The number of nitrogens with one attached hydrogen (secondary N) is 5. The van der Waals surface area contributed by atoms with Crippen LogP contribution in [0.2, 0.25) is 0 Å². The molecule has 0 bridgehead atoms. The van der Waals surface area contributed by atoms with Crippen LogP contribution in [0.1, 0.15) is 76.7 Å². The second-order valence-corrected chi connectivity index (χ2v) is 13.1. The lowest BCUT2D eigenvalue weighted by molar-refractivity contribution is -0.142. The molecular formula is C35H56N8O8. The number of hydrogen-bond donors (Lipinski definition) is 10. The lowest BCUT2D eigenvalue weighted by atomic mass is 10.0. The molecular weight excluding hydrogens is 660 g/mol. The fourth-order valence-corrected chi connectivity index (χ4v) is 5.30. The van der Waals surface area contributed by atoms with Crippen LogP contribution in [0.4, 0.5) is 0 Å². The maximum Gasteiger partial charge on any atom is 0.326 e. The molecule has 0 radical (unpaired) electrons. The molecule has 0 unspecified atom stereocenters. The van der Waals surface area contributed by atoms with Crippen LogP contribution in [0.3, 0.4) is 0 Å². The van der Waals surface area contributed by atoms with Gasteiger partial charge < -0.3 is 54.0 Å². The van der Waals surface area contributed by atoms with E-state index >= 15 is 0 Å². The second-order valence-electron chi connectivity index (χ2n) is 13.1. The van der Waals surface area contributed by atoms with Crippen LogP contribution < -0.4 is 43.8 Å². The van der Waals surface area contributed by atoms with E-state index in [0.717, 1.165) is 12.8 Å². The zero-order valence-corrected chi connectivity index (χ0v) is 29.4. The third kappa shape index (κ3) is 15.9. The number of benzene rings is 1. The number of rotatable bonds is 25. The SMILES string of the molecule is C=CC[C@H](NC(=O)[C@H](CCCCN)NC(=O)[C@H](CCCCN)NC(=O)[C@H](C)N)C(=O)N[C@@H](Cc1ccc(O)cc1)C(=O)N[C@@H](CC1CC1)C(=O)O. The van der Waals surface area contributed by atoms with Crippen molar-refractivity contribution in [2.45, 2.75) is 114 Å². The number of aliphatic carboxylic acids is 1. The van der Waals surface area contributed by atoms with E-state index in [-0.39, 0.29) is 43.8 Å². The van der Waals surface area contributed by atoms with Gasteiger partial charge >= 0.3 is 5.97 Å². The third-order valence-electron chi connectivity index (χ3n) is 8.50. The van der Waals surface area contributed by atoms with Gasteiger partial charge in [-0.2, -0.15) is 0 Å². The Labute approximate surface area is 299 Å². The van der Waals surface area contributed by atoms with E-state index in [4.69, 9.17) is 17.2 Å². The van der Waals surface area contributed by atoms with E-state index < -0.39 is 71.8 Å². The molecule has 0 saturated heterocycles. The predicted molar refractivity (Wildman–Crippen MR) is 191 cm³/mol. The van der Waals surface area contributed by atoms with Crippen molar-refractivity contribution < 1.29 is 39.0 Å². The first-order chi connectivity index (χ1) is 24.3. The molecule has 0 aliphatic heterocycles. The van der Waals surface area contributed by atoms with Gasteiger partial charge in [-0.15, -0.1) is 6.58 Å². The summed E-state index contributed by atoms with van der Waals surface area (Å²) in [6.07, 6.45) is 5.95. The molecule has 16 heteroatoms. The zero-order valence-electron chi connectivity index (χ0n) is 29.4. The van der Waals surface area contributed by atoms with Crippen molar-refractivity contribution in [2.24, 2.45) is 23.1 Å². The van der Waals surface area contributed by atoms with Crippen molar-refractivity contribution in [2.75, 3.05) is 13.1 Å². The van der Waals surface area contributed by atoms with Crippen LogP contribution in [0.15, 0.2) is 36.9 Å². The van der Waals surface area contributed by atoms with Gasteiger partial charge in [0.05, 0.1) is 6.04 Å². The van der Waals surface area contributed by atoms with Crippen LogP contribution in [-0.2, 0) is 35.2 Å². The van der Waals surface area contributed by atoms with Crippen molar-refractivity contribution in [1.82, 2.24) is 26.6 Å². The molecule has 51 heavy (non-hydrogen) atoms. The Balaban J connectivity index is 2.27. The minimum absolute atomic E-state index is 0.000714. The minimum Gasteiger partial charge on any atom is -0.508 e. The average Bonchev–Trinajstić information content (AvgIpc) is 3.91. The van der Waals surface area contributed by atoms with Crippen molar-refractivity contribution in [3.8, 4) is 5.75 Å². The minimum atomic E-state index is -1.24. The molecule has 1 saturated carbocycles. The van der Waals surface area contributed by atoms with Crippen LogP contribution in [0.5, 0.6) is 5.75 Å². The molecule has 1 aromatic carbocycles. The number of phenolic OH excluding ortho intramolecular Hbond substituents is 1. The summed E-state index contributed by atoms with van der Waals surface area (Å²) in [6, 6.07) is -0.602. The Morgan fingerprint density at radius 1 is 0.745 bits per heavy atom. The van der Waals surface area contributed by atoms with Crippen molar-refractivity contribution >= 4 is 35.5 Å². The maximum atomic E-state index is 13.7. The number of phenols is 1. The summed E-state index contributed by atoms with van der Waals surface area (Å²) >= 11 is 0. The Kier molecular flexibility index (Phi) is 18.7. The number of unbranched alkanes of at least 4 members (excludes halogenated alkanes) is 2. The summed E-state index contributed by atoms with van der Waals surface area (Å²) < 4.78 is 0. The monoisotopic (exact) mass is 716 g/mol. The molecule has 0 heterocycles. The Bertz CT molecular complexity index is 1320. The maximum absolute atomic E-state index is 13.7. The van der Waals surface area contributed by atoms with Gasteiger partial charge in [-0.25, -0.2) is 4.79 Å². The zero-order chi connectivity index (χ0) is 37.9. The molecule has 1 aliphatic rings. The van der Waals surface area contributed by atoms with Crippen molar-refractivity contribution in [1.29, 1.82) is 0 Å². The largest absolute Gasteiger partial charge is 0.508 e. The smallest absolute Gasteiger partial charge is 0.326 e. The summed E-state index contributed by atoms with van der Waals surface area (Å²) in [6.45, 7) is 5.91. The van der Waals surface area contributed by atoms with Crippen LogP contribution >= 0.6 is 0 Å². The third-order valence-corrected chi connectivity index (χ3v) is 8.50. The number of hydrogen-bond acceptors (Lipinski definition) is 10. The highest BCUT2D eigenvalue weighted by Crippen LogP contribution is 2.33. The molecule has 1 fully saturated rings. The molecule has 0 spiro atoms. The molecule has 6 atom stereocenters. The van der Waals surface area contributed by atoms with Gasteiger partial charge in [0, 0.05) is 6.42 Å². The summed E-state index contributed by atoms with van der Waals surface area (Å²) in [5.74, 6) is -4.30. The Hall–Kier alpha value is -4.54. The standard InChI is InChI=1S/C35H56N8O8/c1-3-8-25(40-33(48)27(10-5-7-18-37)41-32(47)26(9-4-6-17-36)39-30(45)21(2)38)31(46)42-28(19-23-13-15-24(44)16-14-23)34(49)43-29(35(50)51)20-22-11-12-22/h3,13-16,21-22,25-29,44H,1,4-12,17-20,36-38H2,2H3,(H,39,45)(H,40,48)(H,41,47)(H,42,46)(H,43,49)(H,50,51)/t21-,25-,26-,27-,28-,29-/m0/s1. The van der Waals surface area contributed by atoms with Gasteiger partial charge in [-0.05, 0) is 95.0 Å².